The number of benzene rings is 1. The van der Waals surface area contributed by atoms with Crippen LogP contribution in [0.25, 0.3) is 0 Å². The number of carbonyl (C=O) groups excluding carboxylic acids is 1. The topological polar surface area (TPSA) is 42.4 Å². The molecule has 0 spiro atoms. The minimum Gasteiger partial charge on any atom is -0.495 e. The number of ether oxygens (including phenoxy) is 1. The van der Waals surface area contributed by atoms with Crippen molar-refractivity contribution in [1.29, 1.82) is 0 Å². The van der Waals surface area contributed by atoms with E-state index in [-0.39, 0.29) is 11.5 Å². The molecular weight excluding hydrogens is 247 g/mol. The highest BCUT2D eigenvalue weighted by molar-refractivity contribution is 6.06. The predicted molar refractivity (Wildman–Crippen MR) is 69.9 cm³/mol. The Hall–Kier alpha value is -2.43. The highest BCUT2D eigenvalue weighted by atomic mass is 19.1. The zero-order valence-corrected chi connectivity index (χ0v) is 10.6. The van der Waals surface area contributed by atoms with Gasteiger partial charge in [-0.25, -0.2) is 4.98 Å². The molecule has 5 heteroatoms. The highest BCUT2D eigenvalue weighted by Gasteiger charge is 2.17. The van der Waals surface area contributed by atoms with E-state index in [9.17, 15) is 9.18 Å². The summed E-state index contributed by atoms with van der Waals surface area (Å²) in [6, 6.07) is 9.70. The van der Waals surface area contributed by atoms with Crippen molar-refractivity contribution in [2.45, 2.75) is 0 Å². The monoisotopic (exact) mass is 260 g/mol. The molecule has 0 bridgehead atoms. The first-order valence-corrected chi connectivity index (χ1v) is 5.66. The fourth-order valence-electron chi connectivity index (χ4n) is 1.75. The lowest BCUT2D eigenvalue weighted by atomic mass is 10.2. The second kappa shape index (κ2) is 5.48. The minimum absolute atomic E-state index is 0.237. The average Bonchev–Trinajstić information content (AvgIpc) is 2.45. The van der Waals surface area contributed by atoms with Crippen LogP contribution in [0.2, 0.25) is 0 Å². The summed E-state index contributed by atoms with van der Waals surface area (Å²) >= 11 is 0. The van der Waals surface area contributed by atoms with Crippen LogP contribution in [0.4, 0.5) is 10.1 Å². The number of para-hydroxylation sites is 2. The maximum atomic E-state index is 13.0. The molecule has 2 aromatic rings. The van der Waals surface area contributed by atoms with Gasteiger partial charge in [-0.1, -0.05) is 12.1 Å². The summed E-state index contributed by atoms with van der Waals surface area (Å²) in [6.45, 7) is 0. The molecule has 98 valence electrons. The first-order chi connectivity index (χ1) is 9.13. The van der Waals surface area contributed by atoms with Gasteiger partial charge in [-0.3, -0.25) is 4.79 Å². The van der Waals surface area contributed by atoms with Crippen LogP contribution in [0.3, 0.4) is 0 Å². The van der Waals surface area contributed by atoms with Crippen LogP contribution in [-0.2, 0) is 0 Å². The minimum atomic E-state index is -0.681. The molecule has 0 saturated carbocycles. The SMILES string of the molecule is COc1ccccc1N(C)C(=O)c1ccnc(F)c1. The molecule has 0 unspecified atom stereocenters. The Morgan fingerprint density at radius 2 is 2.05 bits per heavy atom. The van der Waals surface area contributed by atoms with Gasteiger partial charge in [0.1, 0.15) is 5.75 Å². The third kappa shape index (κ3) is 2.70. The van der Waals surface area contributed by atoms with Gasteiger partial charge in [0.2, 0.25) is 5.95 Å². The summed E-state index contributed by atoms with van der Waals surface area (Å²) in [5.41, 5.74) is 0.855. The smallest absolute Gasteiger partial charge is 0.258 e. The molecule has 1 aromatic carbocycles. The van der Waals surface area contributed by atoms with Crippen LogP contribution >= 0.6 is 0 Å². The third-order valence-electron chi connectivity index (χ3n) is 2.72. The summed E-state index contributed by atoms with van der Waals surface area (Å²) in [4.78, 5) is 17.1. The van der Waals surface area contributed by atoms with Gasteiger partial charge in [-0.2, -0.15) is 4.39 Å². The van der Waals surface area contributed by atoms with Crippen LogP contribution in [0, 0.1) is 5.95 Å². The maximum absolute atomic E-state index is 13.0. The van der Waals surface area contributed by atoms with Gasteiger partial charge < -0.3 is 9.64 Å². The summed E-state index contributed by atoms with van der Waals surface area (Å²) < 4.78 is 18.2. The number of anilines is 1. The molecule has 0 radical (unpaired) electrons. The van der Waals surface area contributed by atoms with Gasteiger partial charge in [0.05, 0.1) is 12.8 Å². The zero-order chi connectivity index (χ0) is 13.8. The van der Waals surface area contributed by atoms with Gasteiger partial charge in [-0.15, -0.1) is 0 Å². The first kappa shape index (κ1) is 13.0. The molecule has 0 saturated heterocycles. The van der Waals surface area contributed by atoms with Crippen molar-refractivity contribution in [3.05, 3.63) is 54.1 Å². The van der Waals surface area contributed by atoms with E-state index in [0.717, 1.165) is 6.07 Å². The Balaban J connectivity index is 2.33. The number of nitrogens with zero attached hydrogens (tertiary/aromatic N) is 2. The maximum Gasteiger partial charge on any atom is 0.258 e. The second-order valence-corrected chi connectivity index (χ2v) is 3.90. The second-order valence-electron chi connectivity index (χ2n) is 3.90. The molecule has 0 aliphatic rings. The molecule has 4 nitrogen and oxygen atoms in total. The fourth-order valence-corrected chi connectivity index (χ4v) is 1.75. The van der Waals surface area contributed by atoms with Crippen LogP contribution in [0.1, 0.15) is 10.4 Å². The predicted octanol–water partition coefficient (Wildman–Crippen LogP) is 2.51. The van der Waals surface area contributed by atoms with Gasteiger partial charge in [0.15, 0.2) is 0 Å². The van der Waals surface area contributed by atoms with Crippen molar-refractivity contribution < 1.29 is 13.9 Å². The number of halogens is 1. The Morgan fingerprint density at radius 3 is 2.74 bits per heavy atom. The Kier molecular flexibility index (Phi) is 3.75. The molecule has 2 rings (SSSR count). The third-order valence-corrected chi connectivity index (χ3v) is 2.72. The van der Waals surface area contributed by atoms with Crippen molar-refractivity contribution >= 4 is 11.6 Å². The average molecular weight is 260 g/mol. The van der Waals surface area contributed by atoms with E-state index in [1.165, 1.54) is 24.3 Å². The molecule has 0 aliphatic carbocycles. The Labute approximate surface area is 110 Å². The number of hydrogen-bond acceptors (Lipinski definition) is 3. The van der Waals surface area contributed by atoms with E-state index < -0.39 is 5.95 Å². The number of pyridine rings is 1. The molecule has 1 heterocycles. The van der Waals surface area contributed by atoms with Gasteiger partial charge in [0.25, 0.3) is 5.91 Å². The number of hydrogen-bond donors (Lipinski definition) is 0. The summed E-state index contributed by atoms with van der Waals surface area (Å²) in [6.07, 6.45) is 1.26. The molecule has 0 fully saturated rings. The van der Waals surface area contributed by atoms with Crippen LogP contribution in [0.5, 0.6) is 5.75 Å². The molecular formula is C14H13FN2O2. The van der Waals surface area contributed by atoms with Crippen LogP contribution in [0.15, 0.2) is 42.6 Å². The Morgan fingerprint density at radius 1 is 1.32 bits per heavy atom. The highest BCUT2D eigenvalue weighted by Crippen LogP contribution is 2.27. The largest absolute Gasteiger partial charge is 0.495 e. The number of carbonyl (C=O) groups is 1. The summed E-state index contributed by atoms with van der Waals surface area (Å²) in [7, 11) is 3.14. The van der Waals surface area contributed by atoms with Crippen LogP contribution < -0.4 is 9.64 Å². The van der Waals surface area contributed by atoms with E-state index in [0.29, 0.717) is 11.4 Å². The van der Waals surface area contributed by atoms with Crippen molar-refractivity contribution in [3.8, 4) is 5.75 Å². The van der Waals surface area contributed by atoms with Crippen LogP contribution in [-0.4, -0.2) is 25.0 Å². The van der Waals surface area contributed by atoms with E-state index >= 15 is 0 Å². The van der Waals surface area contributed by atoms with Gasteiger partial charge in [-0.05, 0) is 18.2 Å². The number of rotatable bonds is 3. The van der Waals surface area contributed by atoms with Crippen molar-refractivity contribution in [2.24, 2.45) is 0 Å². The van der Waals surface area contributed by atoms with Gasteiger partial charge >= 0.3 is 0 Å². The lowest BCUT2D eigenvalue weighted by molar-refractivity contribution is 0.0991. The van der Waals surface area contributed by atoms with Crippen molar-refractivity contribution in [1.82, 2.24) is 4.98 Å². The normalized spacial score (nSPS) is 10.1. The standard InChI is InChI=1S/C14H13FN2O2/c1-17(11-5-3-4-6-12(11)19-2)14(18)10-7-8-16-13(15)9-10/h3-9H,1-2H3. The number of methoxy groups -OCH3 is 1. The van der Waals surface area contributed by atoms with Crippen molar-refractivity contribution in [3.63, 3.8) is 0 Å². The summed E-state index contributed by atoms with van der Waals surface area (Å²) in [5, 5.41) is 0. The van der Waals surface area contributed by atoms with Gasteiger partial charge in [0, 0.05) is 24.9 Å². The lowest BCUT2D eigenvalue weighted by Crippen LogP contribution is -2.26. The van der Waals surface area contributed by atoms with E-state index in [1.807, 2.05) is 6.07 Å². The van der Waals surface area contributed by atoms with Crippen molar-refractivity contribution in [2.75, 3.05) is 19.1 Å². The van der Waals surface area contributed by atoms with E-state index in [4.69, 9.17) is 4.74 Å². The molecule has 0 N–H and O–H groups in total. The number of amides is 1. The molecule has 1 aromatic heterocycles. The molecule has 0 atom stereocenters. The number of aromatic nitrogens is 1. The van der Waals surface area contributed by atoms with E-state index in [1.54, 1.807) is 25.2 Å². The lowest BCUT2D eigenvalue weighted by Gasteiger charge is -2.19. The van der Waals surface area contributed by atoms with E-state index in [2.05, 4.69) is 4.98 Å². The Bertz CT molecular complexity index is 602. The molecule has 1 amide bonds. The first-order valence-electron chi connectivity index (χ1n) is 5.66. The zero-order valence-electron chi connectivity index (χ0n) is 10.6. The summed E-state index contributed by atoms with van der Waals surface area (Å²) in [5.74, 6) is -0.432. The molecule has 19 heavy (non-hydrogen) atoms. The fraction of sp³-hybridized carbons (Fsp3) is 0.143. The quantitative estimate of drug-likeness (QED) is 0.796. The molecule has 0 aliphatic heterocycles.